The molecule has 92 valence electrons. The number of benzene rings is 1. The molecule has 2 fully saturated rings. The Bertz CT molecular complexity index is 345. The SMILES string of the molecule is c1ccc([C@H]2CCNC2C2CCOCC2)cc1. The number of rotatable bonds is 2. The highest BCUT2D eigenvalue weighted by atomic mass is 16.5. The first-order valence-electron chi connectivity index (χ1n) is 6.81. The fraction of sp³-hybridized carbons (Fsp3) is 0.600. The smallest absolute Gasteiger partial charge is 0.0469 e. The standard InChI is InChI=1S/C15H21NO/c1-2-4-12(5-3-1)14-6-9-16-15(14)13-7-10-17-11-8-13/h1-5,13-16H,6-11H2/t14-,15?/m1/s1. The summed E-state index contributed by atoms with van der Waals surface area (Å²) in [4.78, 5) is 0. The van der Waals surface area contributed by atoms with E-state index in [-0.39, 0.29) is 0 Å². The summed E-state index contributed by atoms with van der Waals surface area (Å²) in [7, 11) is 0. The summed E-state index contributed by atoms with van der Waals surface area (Å²) in [6, 6.07) is 11.7. The van der Waals surface area contributed by atoms with Gasteiger partial charge in [-0.3, -0.25) is 0 Å². The summed E-state index contributed by atoms with van der Waals surface area (Å²) < 4.78 is 5.47. The maximum Gasteiger partial charge on any atom is 0.0469 e. The monoisotopic (exact) mass is 231 g/mol. The number of nitrogens with one attached hydrogen (secondary N) is 1. The van der Waals surface area contributed by atoms with Gasteiger partial charge in [-0.05, 0) is 37.3 Å². The molecule has 2 atom stereocenters. The van der Waals surface area contributed by atoms with Crippen LogP contribution in [0.3, 0.4) is 0 Å². The summed E-state index contributed by atoms with van der Waals surface area (Å²) >= 11 is 0. The second kappa shape index (κ2) is 5.19. The van der Waals surface area contributed by atoms with Gasteiger partial charge in [-0.1, -0.05) is 30.3 Å². The first-order chi connectivity index (χ1) is 8.45. The van der Waals surface area contributed by atoms with Gasteiger partial charge in [0, 0.05) is 25.2 Å². The van der Waals surface area contributed by atoms with Gasteiger partial charge in [0.1, 0.15) is 0 Å². The van der Waals surface area contributed by atoms with Crippen molar-refractivity contribution >= 4 is 0 Å². The van der Waals surface area contributed by atoms with Crippen LogP contribution in [0.25, 0.3) is 0 Å². The van der Waals surface area contributed by atoms with Crippen LogP contribution in [0.5, 0.6) is 0 Å². The Kier molecular flexibility index (Phi) is 3.44. The molecule has 2 heteroatoms. The Labute approximate surface area is 103 Å². The Morgan fingerprint density at radius 2 is 1.76 bits per heavy atom. The zero-order valence-corrected chi connectivity index (χ0v) is 10.3. The van der Waals surface area contributed by atoms with E-state index in [0.717, 1.165) is 19.1 Å². The van der Waals surface area contributed by atoms with E-state index in [1.807, 2.05) is 0 Å². The molecular formula is C15H21NO. The lowest BCUT2D eigenvalue weighted by Gasteiger charge is -2.31. The topological polar surface area (TPSA) is 21.3 Å². The van der Waals surface area contributed by atoms with Crippen molar-refractivity contribution < 1.29 is 4.74 Å². The largest absolute Gasteiger partial charge is 0.381 e. The molecule has 0 amide bonds. The average Bonchev–Trinajstić information content (AvgIpc) is 2.90. The minimum absolute atomic E-state index is 0.668. The predicted octanol–water partition coefficient (Wildman–Crippen LogP) is 2.56. The molecule has 1 aromatic rings. The molecule has 2 aliphatic rings. The van der Waals surface area contributed by atoms with Crippen molar-refractivity contribution in [2.75, 3.05) is 19.8 Å². The van der Waals surface area contributed by atoms with E-state index in [4.69, 9.17) is 4.74 Å². The van der Waals surface area contributed by atoms with Crippen LogP contribution in [0.2, 0.25) is 0 Å². The molecule has 2 saturated heterocycles. The highest BCUT2D eigenvalue weighted by molar-refractivity contribution is 5.23. The molecule has 1 aromatic carbocycles. The molecule has 1 N–H and O–H groups in total. The summed E-state index contributed by atoms with van der Waals surface area (Å²) in [5.74, 6) is 1.51. The summed E-state index contributed by atoms with van der Waals surface area (Å²) in [5.41, 5.74) is 1.51. The van der Waals surface area contributed by atoms with E-state index < -0.39 is 0 Å². The van der Waals surface area contributed by atoms with Gasteiger partial charge in [0.05, 0.1) is 0 Å². The van der Waals surface area contributed by atoms with Crippen molar-refractivity contribution in [3.63, 3.8) is 0 Å². The van der Waals surface area contributed by atoms with Crippen LogP contribution >= 0.6 is 0 Å². The molecule has 3 rings (SSSR count). The molecule has 0 spiro atoms. The predicted molar refractivity (Wildman–Crippen MR) is 69.1 cm³/mol. The van der Waals surface area contributed by atoms with E-state index >= 15 is 0 Å². The maximum absolute atomic E-state index is 5.47. The van der Waals surface area contributed by atoms with Crippen molar-refractivity contribution in [1.82, 2.24) is 5.32 Å². The Morgan fingerprint density at radius 3 is 2.53 bits per heavy atom. The van der Waals surface area contributed by atoms with Gasteiger partial charge in [0.25, 0.3) is 0 Å². The molecule has 0 saturated carbocycles. The van der Waals surface area contributed by atoms with E-state index in [9.17, 15) is 0 Å². The number of hydrogen-bond donors (Lipinski definition) is 1. The Hall–Kier alpha value is -0.860. The second-order valence-electron chi connectivity index (χ2n) is 5.24. The van der Waals surface area contributed by atoms with Gasteiger partial charge < -0.3 is 10.1 Å². The molecule has 17 heavy (non-hydrogen) atoms. The third-order valence-corrected chi connectivity index (χ3v) is 4.27. The lowest BCUT2D eigenvalue weighted by molar-refractivity contribution is 0.0541. The molecule has 0 bridgehead atoms. The quantitative estimate of drug-likeness (QED) is 0.844. The summed E-state index contributed by atoms with van der Waals surface area (Å²) in [6.07, 6.45) is 3.73. The Morgan fingerprint density at radius 1 is 1.00 bits per heavy atom. The van der Waals surface area contributed by atoms with Crippen LogP contribution in [-0.2, 0) is 4.74 Å². The minimum atomic E-state index is 0.668. The summed E-state index contributed by atoms with van der Waals surface area (Å²) in [6.45, 7) is 3.07. The lowest BCUT2D eigenvalue weighted by Crippen LogP contribution is -2.37. The van der Waals surface area contributed by atoms with Crippen LogP contribution in [-0.4, -0.2) is 25.8 Å². The zero-order chi connectivity index (χ0) is 11.5. The first kappa shape index (κ1) is 11.2. The van der Waals surface area contributed by atoms with E-state index in [2.05, 4.69) is 35.6 Å². The average molecular weight is 231 g/mol. The molecule has 0 radical (unpaired) electrons. The summed E-state index contributed by atoms with van der Waals surface area (Å²) in [5, 5.41) is 3.72. The molecule has 2 aliphatic heterocycles. The lowest BCUT2D eigenvalue weighted by atomic mass is 9.81. The van der Waals surface area contributed by atoms with E-state index in [0.29, 0.717) is 12.0 Å². The van der Waals surface area contributed by atoms with Gasteiger partial charge in [-0.2, -0.15) is 0 Å². The molecular weight excluding hydrogens is 210 g/mol. The fourth-order valence-corrected chi connectivity index (χ4v) is 3.37. The second-order valence-corrected chi connectivity index (χ2v) is 5.24. The molecule has 0 aliphatic carbocycles. The van der Waals surface area contributed by atoms with Crippen molar-refractivity contribution in [2.24, 2.45) is 5.92 Å². The highest BCUT2D eigenvalue weighted by Crippen LogP contribution is 2.35. The molecule has 1 unspecified atom stereocenters. The van der Waals surface area contributed by atoms with Gasteiger partial charge >= 0.3 is 0 Å². The normalized spacial score (nSPS) is 30.6. The van der Waals surface area contributed by atoms with Crippen LogP contribution in [0, 0.1) is 5.92 Å². The zero-order valence-electron chi connectivity index (χ0n) is 10.3. The van der Waals surface area contributed by atoms with Crippen LogP contribution in [0.15, 0.2) is 30.3 Å². The molecule has 2 heterocycles. The van der Waals surface area contributed by atoms with Crippen molar-refractivity contribution in [2.45, 2.75) is 31.2 Å². The van der Waals surface area contributed by atoms with Crippen molar-refractivity contribution in [3.8, 4) is 0 Å². The van der Waals surface area contributed by atoms with Crippen LogP contribution in [0.4, 0.5) is 0 Å². The molecule has 2 nitrogen and oxygen atoms in total. The Balaban J connectivity index is 1.75. The fourth-order valence-electron chi connectivity index (χ4n) is 3.37. The third-order valence-electron chi connectivity index (χ3n) is 4.27. The minimum Gasteiger partial charge on any atom is -0.381 e. The maximum atomic E-state index is 5.47. The number of ether oxygens (including phenoxy) is 1. The van der Waals surface area contributed by atoms with Gasteiger partial charge in [0.15, 0.2) is 0 Å². The van der Waals surface area contributed by atoms with E-state index in [1.54, 1.807) is 0 Å². The number of hydrogen-bond acceptors (Lipinski definition) is 2. The first-order valence-corrected chi connectivity index (χ1v) is 6.81. The van der Waals surface area contributed by atoms with Crippen molar-refractivity contribution in [1.29, 1.82) is 0 Å². The third kappa shape index (κ3) is 2.38. The van der Waals surface area contributed by atoms with Gasteiger partial charge in [0.2, 0.25) is 0 Å². The van der Waals surface area contributed by atoms with Crippen molar-refractivity contribution in [3.05, 3.63) is 35.9 Å². The highest BCUT2D eigenvalue weighted by Gasteiger charge is 2.34. The van der Waals surface area contributed by atoms with Crippen LogP contribution in [0.1, 0.15) is 30.7 Å². The van der Waals surface area contributed by atoms with Gasteiger partial charge in [-0.15, -0.1) is 0 Å². The molecule has 0 aromatic heterocycles. The van der Waals surface area contributed by atoms with Crippen LogP contribution < -0.4 is 5.32 Å². The van der Waals surface area contributed by atoms with Gasteiger partial charge in [-0.25, -0.2) is 0 Å². The van der Waals surface area contributed by atoms with E-state index in [1.165, 1.54) is 31.4 Å².